The van der Waals surface area contributed by atoms with Gasteiger partial charge in [0.2, 0.25) is 5.91 Å². The Bertz CT molecular complexity index is 817. The molecule has 2 aromatic rings. The maximum absolute atomic E-state index is 12.0. The van der Waals surface area contributed by atoms with E-state index in [1.165, 1.54) is 19.3 Å². The summed E-state index contributed by atoms with van der Waals surface area (Å²) in [4.78, 5) is 28.3. The number of carbonyl (C=O) groups excluding carboxylic acids is 2. The third-order valence-electron chi connectivity index (χ3n) is 5.24. The van der Waals surface area contributed by atoms with E-state index in [-0.39, 0.29) is 11.9 Å². The molecule has 158 valence electrons. The summed E-state index contributed by atoms with van der Waals surface area (Å²) < 4.78 is 1.85. The van der Waals surface area contributed by atoms with Crippen LogP contribution in [0, 0.1) is 0 Å². The Morgan fingerprint density at radius 2 is 1.90 bits per heavy atom. The zero-order valence-corrected chi connectivity index (χ0v) is 17.5. The van der Waals surface area contributed by atoms with Crippen LogP contribution in [-0.2, 0) is 11.3 Å². The fraction of sp³-hybridized carbons (Fsp3) is 0.571. The van der Waals surface area contributed by atoms with Gasteiger partial charge in [-0.05, 0) is 37.8 Å². The van der Waals surface area contributed by atoms with Gasteiger partial charge in [0.05, 0.1) is 17.3 Å². The lowest BCUT2D eigenvalue weighted by Crippen LogP contribution is -2.43. The van der Waals surface area contributed by atoms with Crippen molar-refractivity contribution in [1.29, 1.82) is 0 Å². The number of hydrogen-bond donors (Lipinski definition) is 3. The second-order valence-electron chi connectivity index (χ2n) is 7.67. The van der Waals surface area contributed by atoms with Crippen LogP contribution in [0.25, 0.3) is 5.65 Å². The van der Waals surface area contributed by atoms with Gasteiger partial charge in [-0.1, -0.05) is 37.3 Å². The molecule has 7 nitrogen and oxygen atoms in total. The lowest BCUT2D eigenvalue weighted by molar-refractivity contribution is -0.121. The molecule has 0 spiro atoms. The Hall–Kier alpha value is -2.28. The quantitative estimate of drug-likeness (QED) is 0.540. The zero-order chi connectivity index (χ0) is 20.5. The number of amides is 3. The molecule has 3 N–H and O–H groups in total. The molecular weight excluding hydrogens is 390 g/mol. The molecule has 0 bridgehead atoms. The Morgan fingerprint density at radius 3 is 2.72 bits per heavy atom. The zero-order valence-electron chi connectivity index (χ0n) is 16.8. The summed E-state index contributed by atoms with van der Waals surface area (Å²) in [5, 5.41) is 9.50. The topological polar surface area (TPSA) is 87.5 Å². The van der Waals surface area contributed by atoms with Gasteiger partial charge in [0.15, 0.2) is 0 Å². The molecule has 1 fully saturated rings. The molecule has 3 amide bonds. The molecule has 0 aliphatic heterocycles. The standard InChI is InChI=1S/C21H30ClN5O2/c22-16-10-11-19-25-18(15-27(19)14-16)13-24-20(28)9-5-2-6-12-23-21(29)26-17-7-3-1-4-8-17/h10-11,14-15,17H,1-9,12-13H2,(H,24,28)(H2,23,26,29). The van der Waals surface area contributed by atoms with E-state index in [1.54, 1.807) is 12.3 Å². The minimum Gasteiger partial charge on any atom is -0.350 e. The Kier molecular flexibility index (Phi) is 8.16. The summed E-state index contributed by atoms with van der Waals surface area (Å²) in [6.45, 7) is 1.05. The van der Waals surface area contributed by atoms with Crippen molar-refractivity contribution >= 4 is 29.2 Å². The van der Waals surface area contributed by atoms with Gasteiger partial charge in [-0.25, -0.2) is 9.78 Å². The average molecular weight is 420 g/mol. The van der Waals surface area contributed by atoms with Crippen LogP contribution in [0.2, 0.25) is 5.02 Å². The highest BCUT2D eigenvalue weighted by atomic mass is 35.5. The van der Waals surface area contributed by atoms with Crippen molar-refractivity contribution in [2.75, 3.05) is 6.54 Å². The second kappa shape index (κ2) is 11.0. The third kappa shape index (κ3) is 7.24. The fourth-order valence-corrected chi connectivity index (χ4v) is 3.82. The first-order chi connectivity index (χ1) is 14.1. The Balaban J connectivity index is 1.23. The van der Waals surface area contributed by atoms with E-state index in [2.05, 4.69) is 20.9 Å². The summed E-state index contributed by atoms with van der Waals surface area (Å²) in [6.07, 6.45) is 12.6. The number of rotatable bonds is 9. The van der Waals surface area contributed by atoms with Crippen LogP contribution in [0.5, 0.6) is 0 Å². The maximum Gasteiger partial charge on any atom is 0.315 e. The van der Waals surface area contributed by atoms with Crippen molar-refractivity contribution in [3.05, 3.63) is 35.2 Å². The first-order valence-corrected chi connectivity index (χ1v) is 10.9. The summed E-state index contributed by atoms with van der Waals surface area (Å²) in [5.74, 6) is 0.0167. The third-order valence-corrected chi connectivity index (χ3v) is 5.46. The molecule has 8 heteroatoms. The van der Waals surface area contributed by atoms with Crippen LogP contribution in [0.4, 0.5) is 4.79 Å². The number of nitrogens with zero attached hydrogens (tertiary/aromatic N) is 2. The predicted molar refractivity (Wildman–Crippen MR) is 114 cm³/mol. The smallest absolute Gasteiger partial charge is 0.315 e. The second-order valence-corrected chi connectivity index (χ2v) is 8.10. The number of carbonyl (C=O) groups is 2. The number of aromatic nitrogens is 2. The molecule has 0 radical (unpaired) electrons. The predicted octanol–water partition coefficient (Wildman–Crippen LogP) is 3.80. The van der Waals surface area contributed by atoms with Crippen molar-refractivity contribution < 1.29 is 9.59 Å². The van der Waals surface area contributed by atoms with Crippen molar-refractivity contribution in [1.82, 2.24) is 25.3 Å². The van der Waals surface area contributed by atoms with Gasteiger partial charge in [0.1, 0.15) is 5.65 Å². The number of nitrogens with one attached hydrogen (secondary N) is 3. The number of imidazole rings is 1. The van der Waals surface area contributed by atoms with Gasteiger partial charge >= 0.3 is 6.03 Å². The molecule has 3 rings (SSSR count). The first-order valence-electron chi connectivity index (χ1n) is 10.5. The number of fused-ring (bicyclic) bond motifs is 1. The van der Waals surface area contributed by atoms with E-state index < -0.39 is 0 Å². The number of unbranched alkanes of at least 4 members (excludes halogenated alkanes) is 2. The monoisotopic (exact) mass is 419 g/mol. The molecule has 0 aromatic carbocycles. The summed E-state index contributed by atoms with van der Waals surface area (Å²) >= 11 is 5.96. The summed E-state index contributed by atoms with van der Waals surface area (Å²) in [7, 11) is 0. The average Bonchev–Trinajstić information content (AvgIpc) is 3.11. The van der Waals surface area contributed by atoms with Crippen molar-refractivity contribution in [2.45, 2.75) is 70.4 Å². The van der Waals surface area contributed by atoms with Gasteiger partial charge in [0, 0.05) is 31.4 Å². The van der Waals surface area contributed by atoms with E-state index >= 15 is 0 Å². The normalized spacial score (nSPS) is 14.7. The van der Waals surface area contributed by atoms with Crippen LogP contribution < -0.4 is 16.0 Å². The summed E-state index contributed by atoms with van der Waals surface area (Å²) in [6, 6.07) is 3.90. The van der Waals surface area contributed by atoms with Gasteiger partial charge in [-0.15, -0.1) is 0 Å². The largest absolute Gasteiger partial charge is 0.350 e. The molecular formula is C21H30ClN5O2. The first kappa shape index (κ1) is 21.4. The van der Waals surface area contributed by atoms with Crippen molar-refractivity contribution in [3.63, 3.8) is 0 Å². The lowest BCUT2D eigenvalue weighted by atomic mass is 9.96. The van der Waals surface area contributed by atoms with E-state index in [0.717, 1.165) is 43.4 Å². The Morgan fingerprint density at radius 1 is 1.07 bits per heavy atom. The number of pyridine rings is 1. The molecule has 1 aliphatic rings. The highest BCUT2D eigenvalue weighted by molar-refractivity contribution is 6.30. The SMILES string of the molecule is O=C(CCCCCNC(=O)NC1CCCCC1)NCc1cn2cc(Cl)ccc2n1. The highest BCUT2D eigenvalue weighted by Gasteiger charge is 2.15. The van der Waals surface area contributed by atoms with Gasteiger partial charge < -0.3 is 20.4 Å². The molecule has 2 heterocycles. The van der Waals surface area contributed by atoms with Crippen LogP contribution in [0.15, 0.2) is 24.5 Å². The van der Waals surface area contributed by atoms with Gasteiger partial charge in [-0.3, -0.25) is 4.79 Å². The van der Waals surface area contributed by atoms with Crippen LogP contribution in [-0.4, -0.2) is 33.9 Å². The highest BCUT2D eigenvalue weighted by Crippen LogP contribution is 2.17. The van der Waals surface area contributed by atoms with E-state index in [1.807, 2.05) is 16.7 Å². The van der Waals surface area contributed by atoms with E-state index in [0.29, 0.717) is 30.6 Å². The molecule has 0 atom stereocenters. The summed E-state index contributed by atoms with van der Waals surface area (Å²) in [5.41, 5.74) is 1.60. The van der Waals surface area contributed by atoms with Crippen LogP contribution in [0.1, 0.15) is 63.5 Å². The number of halogens is 1. The van der Waals surface area contributed by atoms with Crippen molar-refractivity contribution in [2.24, 2.45) is 0 Å². The minimum atomic E-state index is -0.0663. The fourth-order valence-electron chi connectivity index (χ4n) is 3.65. The molecule has 1 saturated carbocycles. The van der Waals surface area contributed by atoms with Crippen LogP contribution in [0.3, 0.4) is 0 Å². The molecule has 2 aromatic heterocycles. The van der Waals surface area contributed by atoms with Crippen molar-refractivity contribution in [3.8, 4) is 0 Å². The number of hydrogen-bond acceptors (Lipinski definition) is 3. The molecule has 0 unspecified atom stereocenters. The molecule has 0 saturated heterocycles. The van der Waals surface area contributed by atoms with Crippen LogP contribution >= 0.6 is 11.6 Å². The van der Waals surface area contributed by atoms with Gasteiger partial charge in [0.25, 0.3) is 0 Å². The molecule has 29 heavy (non-hydrogen) atoms. The van der Waals surface area contributed by atoms with E-state index in [4.69, 9.17) is 11.6 Å². The van der Waals surface area contributed by atoms with E-state index in [9.17, 15) is 9.59 Å². The van der Waals surface area contributed by atoms with Gasteiger partial charge in [-0.2, -0.15) is 0 Å². The lowest BCUT2D eigenvalue weighted by Gasteiger charge is -2.22. The minimum absolute atomic E-state index is 0.0167. The Labute approximate surface area is 176 Å². The maximum atomic E-state index is 12.0. The molecule has 1 aliphatic carbocycles. The number of urea groups is 1.